The molecule has 0 aliphatic carbocycles. The summed E-state index contributed by atoms with van der Waals surface area (Å²) in [6.07, 6.45) is 0. The molecule has 148 valence electrons. The number of methoxy groups -OCH3 is 1. The lowest BCUT2D eigenvalue weighted by Gasteiger charge is -2.13. The molecule has 3 rings (SSSR count). The number of nitrogens with zero attached hydrogens (tertiary/aromatic N) is 2. The van der Waals surface area contributed by atoms with Crippen molar-refractivity contribution < 1.29 is 24.5 Å². The van der Waals surface area contributed by atoms with E-state index >= 15 is 0 Å². The number of para-hydroxylation sites is 2. The summed E-state index contributed by atoms with van der Waals surface area (Å²) in [7, 11) is 1.42. The summed E-state index contributed by atoms with van der Waals surface area (Å²) in [5, 5.41) is 25.7. The molecule has 29 heavy (non-hydrogen) atoms. The zero-order chi connectivity index (χ0) is 21.1. The third kappa shape index (κ3) is 4.11. The second kappa shape index (κ2) is 8.15. The lowest BCUT2D eigenvalue weighted by atomic mass is 10.1. The van der Waals surface area contributed by atoms with E-state index in [2.05, 4.69) is 26.3 Å². The Balaban J connectivity index is 2.05. The average molecular weight is 460 g/mol. The minimum Gasteiger partial charge on any atom is -0.505 e. The highest BCUT2D eigenvalue weighted by Crippen LogP contribution is 2.24. The number of amides is 1. The zero-order valence-electron chi connectivity index (χ0n) is 14.9. The van der Waals surface area contributed by atoms with Crippen molar-refractivity contribution in [1.82, 2.24) is 9.78 Å². The fraction of sp³-hybridized carbons (Fsp3) is 0.0526. The monoisotopic (exact) mass is 459 g/mol. The van der Waals surface area contributed by atoms with E-state index in [1.54, 1.807) is 30.3 Å². The number of aromatic nitrogens is 2. The molecule has 0 atom stereocenters. The van der Waals surface area contributed by atoms with Gasteiger partial charge in [-0.1, -0.05) is 28.1 Å². The molecule has 0 spiro atoms. The van der Waals surface area contributed by atoms with E-state index in [0.29, 0.717) is 10.2 Å². The van der Waals surface area contributed by atoms with Crippen molar-refractivity contribution in [2.24, 2.45) is 0 Å². The highest BCUT2D eigenvalue weighted by Gasteiger charge is 2.20. The highest BCUT2D eigenvalue weighted by molar-refractivity contribution is 9.10. The fourth-order valence-corrected chi connectivity index (χ4v) is 2.93. The Morgan fingerprint density at radius 1 is 1.17 bits per heavy atom. The van der Waals surface area contributed by atoms with Crippen molar-refractivity contribution in [2.45, 2.75) is 0 Å². The summed E-state index contributed by atoms with van der Waals surface area (Å²) in [5.74, 6) is -2.46. The normalized spacial score (nSPS) is 10.4. The van der Waals surface area contributed by atoms with Crippen LogP contribution in [0, 0.1) is 0 Å². The minimum absolute atomic E-state index is 0.00180. The van der Waals surface area contributed by atoms with E-state index in [1.807, 2.05) is 0 Å². The van der Waals surface area contributed by atoms with Gasteiger partial charge in [-0.3, -0.25) is 9.59 Å². The summed E-state index contributed by atoms with van der Waals surface area (Å²) in [4.78, 5) is 36.4. The van der Waals surface area contributed by atoms with Crippen molar-refractivity contribution in [2.75, 3.05) is 12.4 Å². The molecule has 9 nitrogen and oxygen atoms in total. The van der Waals surface area contributed by atoms with Crippen LogP contribution in [0.1, 0.15) is 20.8 Å². The van der Waals surface area contributed by atoms with Crippen LogP contribution in [0.15, 0.2) is 57.8 Å². The van der Waals surface area contributed by atoms with Crippen LogP contribution in [0.4, 0.5) is 5.69 Å². The number of ether oxygens (including phenoxy) is 1. The first-order chi connectivity index (χ1) is 13.8. The Morgan fingerprint density at radius 3 is 2.59 bits per heavy atom. The van der Waals surface area contributed by atoms with E-state index in [1.165, 1.54) is 19.2 Å². The van der Waals surface area contributed by atoms with Crippen molar-refractivity contribution in [3.63, 3.8) is 0 Å². The number of anilines is 1. The van der Waals surface area contributed by atoms with Gasteiger partial charge in [-0.25, -0.2) is 4.79 Å². The maximum atomic E-state index is 12.7. The minimum atomic E-state index is -1.25. The standard InChI is InChI=1S/C19H14BrN3O6/c1-29-15-5-3-2-4-13(15)23-16(25)9-14(24)17(22-23)18(26)21-12-7-6-10(20)8-11(12)19(27)28/h2-9,24H,1H3,(H,21,26)(H,27,28). The summed E-state index contributed by atoms with van der Waals surface area (Å²) in [6.45, 7) is 0. The summed E-state index contributed by atoms with van der Waals surface area (Å²) in [6, 6.07) is 11.6. The number of aromatic hydroxyl groups is 1. The fourth-order valence-electron chi connectivity index (χ4n) is 2.57. The Hall–Kier alpha value is -3.66. The molecule has 2 aromatic carbocycles. The van der Waals surface area contributed by atoms with Gasteiger partial charge >= 0.3 is 5.97 Å². The molecule has 0 aliphatic heterocycles. The first-order valence-corrected chi connectivity index (χ1v) is 8.92. The zero-order valence-corrected chi connectivity index (χ0v) is 16.5. The highest BCUT2D eigenvalue weighted by atomic mass is 79.9. The number of halogens is 1. The molecule has 1 amide bonds. The number of nitrogens with one attached hydrogen (secondary N) is 1. The molecule has 0 saturated heterocycles. The van der Waals surface area contributed by atoms with Crippen LogP contribution in [0.5, 0.6) is 11.5 Å². The number of hydrogen-bond donors (Lipinski definition) is 3. The average Bonchev–Trinajstić information content (AvgIpc) is 2.69. The van der Waals surface area contributed by atoms with Gasteiger partial charge in [0.1, 0.15) is 11.4 Å². The van der Waals surface area contributed by atoms with E-state index in [4.69, 9.17) is 4.74 Å². The quantitative estimate of drug-likeness (QED) is 0.534. The number of carboxylic acids is 1. The van der Waals surface area contributed by atoms with Gasteiger partial charge in [0.25, 0.3) is 11.5 Å². The number of rotatable bonds is 5. The molecule has 3 N–H and O–H groups in total. The van der Waals surface area contributed by atoms with Gasteiger partial charge in [-0.2, -0.15) is 9.78 Å². The largest absolute Gasteiger partial charge is 0.505 e. The smallest absolute Gasteiger partial charge is 0.337 e. The Bertz CT molecular complexity index is 1170. The van der Waals surface area contributed by atoms with Crippen molar-refractivity contribution in [1.29, 1.82) is 0 Å². The van der Waals surface area contributed by atoms with Crippen molar-refractivity contribution in [3.05, 3.63) is 74.6 Å². The van der Waals surface area contributed by atoms with Gasteiger partial charge in [-0.15, -0.1) is 0 Å². The Labute approximate surface area is 172 Å². The predicted molar refractivity (Wildman–Crippen MR) is 107 cm³/mol. The molecule has 0 unspecified atom stereocenters. The van der Waals surface area contributed by atoms with Gasteiger partial charge < -0.3 is 20.3 Å². The SMILES string of the molecule is COc1ccccc1-n1nc(C(=O)Nc2ccc(Br)cc2C(=O)O)c(O)cc1=O. The summed E-state index contributed by atoms with van der Waals surface area (Å²) < 4.78 is 6.62. The molecule has 0 bridgehead atoms. The van der Waals surface area contributed by atoms with Gasteiger partial charge in [-0.05, 0) is 30.3 Å². The van der Waals surface area contributed by atoms with Crippen LogP contribution in [0.3, 0.4) is 0 Å². The number of carboxylic acid groups (broad SMARTS) is 1. The van der Waals surface area contributed by atoms with Crippen LogP contribution in [-0.4, -0.2) is 39.0 Å². The van der Waals surface area contributed by atoms with E-state index in [9.17, 15) is 24.6 Å². The number of carbonyl (C=O) groups is 2. The molecule has 1 aromatic heterocycles. The molecule has 0 aliphatic rings. The van der Waals surface area contributed by atoms with Crippen LogP contribution in [0.25, 0.3) is 5.69 Å². The van der Waals surface area contributed by atoms with E-state index < -0.39 is 28.9 Å². The first kappa shape index (κ1) is 20.1. The summed E-state index contributed by atoms with van der Waals surface area (Å²) >= 11 is 3.17. The van der Waals surface area contributed by atoms with Gasteiger partial charge in [0.05, 0.1) is 18.4 Å². The maximum Gasteiger partial charge on any atom is 0.337 e. The van der Waals surface area contributed by atoms with Gasteiger partial charge in [0, 0.05) is 10.5 Å². The Kier molecular flexibility index (Phi) is 5.64. The van der Waals surface area contributed by atoms with Gasteiger partial charge in [0.15, 0.2) is 11.4 Å². The lowest BCUT2D eigenvalue weighted by molar-refractivity contribution is 0.0698. The second-order valence-corrected chi connectivity index (χ2v) is 6.66. The lowest BCUT2D eigenvalue weighted by Crippen LogP contribution is -2.26. The molecular weight excluding hydrogens is 446 g/mol. The van der Waals surface area contributed by atoms with Gasteiger partial charge in [0.2, 0.25) is 0 Å². The van der Waals surface area contributed by atoms with Crippen LogP contribution in [-0.2, 0) is 0 Å². The molecule has 3 aromatic rings. The third-order valence-corrected chi connectivity index (χ3v) is 4.39. The Morgan fingerprint density at radius 2 is 1.90 bits per heavy atom. The third-order valence-electron chi connectivity index (χ3n) is 3.90. The molecule has 10 heteroatoms. The molecule has 0 fully saturated rings. The number of hydrogen-bond acceptors (Lipinski definition) is 6. The predicted octanol–water partition coefficient (Wildman–Crippen LogP) is 2.66. The van der Waals surface area contributed by atoms with E-state index in [0.717, 1.165) is 10.7 Å². The van der Waals surface area contributed by atoms with Crippen LogP contribution >= 0.6 is 15.9 Å². The maximum absolute atomic E-state index is 12.7. The second-order valence-electron chi connectivity index (χ2n) is 5.75. The molecule has 0 saturated carbocycles. The molecule has 1 heterocycles. The number of carbonyl (C=O) groups excluding carboxylic acids is 1. The van der Waals surface area contributed by atoms with Crippen LogP contribution < -0.4 is 15.6 Å². The van der Waals surface area contributed by atoms with Crippen molar-refractivity contribution in [3.8, 4) is 17.2 Å². The van der Waals surface area contributed by atoms with Crippen molar-refractivity contribution >= 4 is 33.5 Å². The first-order valence-electron chi connectivity index (χ1n) is 8.12. The molecule has 0 radical (unpaired) electrons. The topological polar surface area (TPSA) is 131 Å². The van der Waals surface area contributed by atoms with E-state index in [-0.39, 0.29) is 16.9 Å². The summed E-state index contributed by atoms with van der Waals surface area (Å²) in [5.41, 5.74) is -1.04. The number of benzene rings is 2. The van der Waals surface area contributed by atoms with Crippen LogP contribution in [0.2, 0.25) is 0 Å². The number of aromatic carboxylic acids is 1. The molecular formula is C19H14BrN3O6.